The number of amides is 1. The van der Waals surface area contributed by atoms with Crippen molar-refractivity contribution in [2.75, 3.05) is 11.1 Å². The average molecular weight is 481 g/mol. The topological polar surface area (TPSA) is 76.9 Å². The minimum Gasteiger partial charge on any atom is -0.309 e. The van der Waals surface area contributed by atoms with E-state index in [1.54, 1.807) is 22.0 Å². The van der Waals surface area contributed by atoms with Crippen LogP contribution in [0.15, 0.2) is 34.9 Å². The van der Waals surface area contributed by atoms with Crippen molar-refractivity contribution in [2.45, 2.75) is 37.4 Å². The molecule has 1 amide bonds. The van der Waals surface area contributed by atoms with Gasteiger partial charge in [-0.05, 0) is 37.3 Å². The zero-order valence-electron chi connectivity index (χ0n) is 15.9. The van der Waals surface area contributed by atoms with Crippen molar-refractivity contribution in [3.8, 4) is 0 Å². The van der Waals surface area contributed by atoms with Crippen LogP contribution in [0.25, 0.3) is 10.2 Å². The first-order valence-electron chi connectivity index (χ1n) is 9.37. The SMILES string of the molecule is C=CCn1c(SCC(=O)Nc2ncc(Cl)cc2Cl)nc2sc3c(c2c1=O)CCCC3. The second kappa shape index (κ2) is 9.09. The van der Waals surface area contributed by atoms with Crippen molar-refractivity contribution >= 4 is 68.2 Å². The molecule has 0 saturated carbocycles. The summed E-state index contributed by atoms with van der Waals surface area (Å²) < 4.78 is 1.59. The standard InChI is InChI=1S/C20H18Cl2N4O2S2/c1-2-7-26-19(28)16-12-5-3-4-6-14(12)30-18(16)25-20(26)29-10-15(27)24-17-13(22)8-11(21)9-23-17/h2,8-9H,1,3-7,10H2,(H,23,24,27). The van der Waals surface area contributed by atoms with Crippen molar-refractivity contribution in [3.63, 3.8) is 0 Å². The molecule has 10 heteroatoms. The summed E-state index contributed by atoms with van der Waals surface area (Å²) in [5.74, 6) is -0.00735. The monoisotopic (exact) mass is 480 g/mol. The number of nitrogens with zero attached hydrogens (tertiary/aromatic N) is 3. The van der Waals surface area contributed by atoms with E-state index in [2.05, 4.69) is 16.9 Å². The van der Waals surface area contributed by atoms with Gasteiger partial charge in [0.2, 0.25) is 5.91 Å². The van der Waals surface area contributed by atoms with Crippen LogP contribution in [0.2, 0.25) is 10.0 Å². The van der Waals surface area contributed by atoms with Gasteiger partial charge in [-0.3, -0.25) is 14.2 Å². The Morgan fingerprint density at radius 1 is 1.37 bits per heavy atom. The molecule has 3 heterocycles. The molecule has 1 aliphatic carbocycles. The van der Waals surface area contributed by atoms with Gasteiger partial charge in [-0.15, -0.1) is 17.9 Å². The average Bonchev–Trinajstić information content (AvgIpc) is 3.09. The van der Waals surface area contributed by atoms with E-state index in [1.807, 2.05) is 0 Å². The molecule has 0 fully saturated rings. The van der Waals surface area contributed by atoms with Gasteiger partial charge in [0.05, 0.1) is 21.2 Å². The van der Waals surface area contributed by atoms with Crippen LogP contribution in [0.4, 0.5) is 5.82 Å². The first-order valence-corrected chi connectivity index (χ1v) is 11.9. The molecule has 3 aromatic heterocycles. The van der Waals surface area contributed by atoms with E-state index in [9.17, 15) is 9.59 Å². The molecule has 0 spiro atoms. The van der Waals surface area contributed by atoms with Gasteiger partial charge in [0, 0.05) is 17.6 Å². The molecule has 0 aromatic carbocycles. The number of hydrogen-bond donors (Lipinski definition) is 1. The van der Waals surface area contributed by atoms with Gasteiger partial charge in [0.15, 0.2) is 11.0 Å². The highest BCUT2D eigenvalue weighted by Gasteiger charge is 2.22. The number of pyridine rings is 1. The second-order valence-corrected chi connectivity index (χ2v) is 9.68. The molecule has 0 atom stereocenters. The molecule has 0 unspecified atom stereocenters. The molecule has 1 N–H and O–H groups in total. The molecular weight excluding hydrogens is 463 g/mol. The second-order valence-electron chi connectivity index (χ2n) is 6.81. The minimum absolute atomic E-state index is 0.0564. The maximum atomic E-state index is 13.2. The number of thiophene rings is 1. The summed E-state index contributed by atoms with van der Waals surface area (Å²) in [6.45, 7) is 4.09. The maximum Gasteiger partial charge on any atom is 0.263 e. The third kappa shape index (κ3) is 4.27. The molecule has 4 rings (SSSR count). The maximum absolute atomic E-state index is 13.2. The van der Waals surface area contributed by atoms with Crippen LogP contribution in [-0.2, 0) is 24.2 Å². The zero-order chi connectivity index (χ0) is 21.3. The van der Waals surface area contributed by atoms with Gasteiger partial charge in [0.1, 0.15) is 4.83 Å². The third-order valence-electron chi connectivity index (χ3n) is 4.75. The van der Waals surface area contributed by atoms with Gasteiger partial charge < -0.3 is 5.32 Å². The molecular formula is C20H18Cl2N4O2S2. The number of carbonyl (C=O) groups is 1. The van der Waals surface area contributed by atoms with Crippen LogP contribution in [0.1, 0.15) is 23.3 Å². The predicted molar refractivity (Wildman–Crippen MR) is 124 cm³/mol. The predicted octanol–water partition coefficient (Wildman–Crippen LogP) is 4.96. The first-order chi connectivity index (χ1) is 14.5. The van der Waals surface area contributed by atoms with Gasteiger partial charge >= 0.3 is 0 Å². The number of fused-ring (bicyclic) bond motifs is 3. The number of nitrogens with one attached hydrogen (secondary N) is 1. The van der Waals surface area contributed by atoms with E-state index in [1.165, 1.54) is 28.9 Å². The van der Waals surface area contributed by atoms with Crippen molar-refractivity contribution < 1.29 is 4.79 Å². The highest BCUT2D eigenvalue weighted by atomic mass is 35.5. The Morgan fingerprint density at radius 2 is 2.17 bits per heavy atom. The normalized spacial score (nSPS) is 13.3. The third-order valence-corrected chi connectivity index (χ3v) is 7.41. The van der Waals surface area contributed by atoms with Crippen LogP contribution in [0, 0.1) is 0 Å². The smallest absolute Gasteiger partial charge is 0.263 e. The Labute approximate surface area is 191 Å². The van der Waals surface area contributed by atoms with Crippen LogP contribution >= 0.6 is 46.3 Å². The van der Waals surface area contributed by atoms with E-state index in [0.29, 0.717) is 16.7 Å². The Morgan fingerprint density at radius 3 is 2.93 bits per heavy atom. The van der Waals surface area contributed by atoms with Gasteiger partial charge in [0.25, 0.3) is 5.56 Å². The number of aryl methyl sites for hydroxylation is 2. The number of thioether (sulfide) groups is 1. The van der Waals surface area contributed by atoms with Gasteiger partial charge in [-0.2, -0.15) is 0 Å². The molecule has 1 aliphatic rings. The quantitative estimate of drug-likeness (QED) is 0.306. The van der Waals surface area contributed by atoms with E-state index in [4.69, 9.17) is 28.2 Å². The van der Waals surface area contributed by atoms with E-state index in [-0.39, 0.29) is 28.1 Å². The summed E-state index contributed by atoms with van der Waals surface area (Å²) in [5.41, 5.74) is 1.08. The largest absolute Gasteiger partial charge is 0.309 e. The zero-order valence-corrected chi connectivity index (χ0v) is 19.1. The molecule has 0 bridgehead atoms. The number of carbonyl (C=O) groups excluding carboxylic acids is 1. The highest BCUT2D eigenvalue weighted by Crippen LogP contribution is 2.34. The highest BCUT2D eigenvalue weighted by molar-refractivity contribution is 7.99. The number of aromatic nitrogens is 3. The lowest BCUT2D eigenvalue weighted by Gasteiger charge is -2.12. The lowest BCUT2D eigenvalue weighted by Crippen LogP contribution is -2.24. The number of halogens is 2. The number of rotatable bonds is 6. The molecule has 3 aromatic rings. The van der Waals surface area contributed by atoms with Crippen molar-refractivity contribution in [3.05, 3.63) is 55.8 Å². The molecule has 30 heavy (non-hydrogen) atoms. The molecule has 156 valence electrons. The van der Waals surface area contributed by atoms with Crippen LogP contribution in [0.3, 0.4) is 0 Å². The summed E-state index contributed by atoms with van der Waals surface area (Å²) >= 11 is 14.7. The molecule has 0 aliphatic heterocycles. The Balaban J connectivity index is 1.60. The van der Waals surface area contributed by atoms with E-state index >= 15 is 0 Å². The van der Waals surface area contributed by atoms with Crippen molar-refractivity contribution in [1.82, 2.24) is 14.5 Å². The van der Waals surface area contributed by atoms with E-state index < -0.39 is 0 Å². The first kappa shape index (κ1) is 21.4. The lowest BCUT2D eigenvalue weighted by molar-refractivity contribution is -0.113. The fourth-order valence-corrected chi connectivity index (χ4v) is 5.96. The summed E-state index contributed by atoms with van der Waals surface area (Å²) in [4.78, 5) is 36.4. The molecule has 0 saturated heterocycles. The Hall–Kier alpha value is -1.87. The lowest BCUT2D eigenvalue weighted by atomic mass is 9.97. The number of anilines is 1. The van der Waals surface area contributed by atoms with Gasteiger partial charge in [-0.1, -0.05) is 41.0 Å². The van der Waals surface area contributed by atoms with Crippen LogP contribution in [-0.4, -0.2) is 26.2 Å². The Bertz CT molecular complexity index is 1210. The fourth-order valence-electron chi connectivity index (χ4n) is 3.42. The summed E-state index contributed by atoms with van der Waals surface area (Å²) in [6, 6.07) is 1.51. The van der Waals surface area contributed by atoms with E-state index in [0.717, 1.165) is 41.5 Å². The minimum atomic E-state index is -0.304. The number of hydrogen-bond acceptors (Lipinski definition) is 6. The summed E-state index contributed by atoms with van der Waals surface area (Å²) in [5, 5.41) is 4.52. The summed E-state index contributed by atoms with van der Waals surface area (Å²) in [7, 11) is 0. The van der Waals surface area contributed by atoms with Crippen LogP contribution in [0.5, 0.6) is 0 Å². The van der Waals surface area contributed by atoms with Gasteiger partial charge in [-0.25, -0.2) is 9.97 Å². The molecule has 6 nitrogen and oxygen atoms in total. The van der Waals surface area contributed by atoms with Crippen molar-refractivity contribution in [2.24, 2.45) is 0 Å². The van der Waals surface area contributed by atoms with Crippen LogP contribution < -0.4 is 10.9 Å². The number of allylic oxidation sites excluding steroid dienone is 1. The van der Waals surface area contributed by atoms with Crippen molar-refractivity contribution in [1.29, 1.82) is 0 Å². The Kier molecular flexibility index (Phi) is 6.48. The summed E-state index contributed by atoms with van der Waals surface area (Å²) in [6.07, 6.45) is 7.23. The fraction of sp³-hybridized carbons (Fsp3) is 0.300. The molecule has 0 radical (unpaired) electrons.